The van der Waals surface area contributed by atoms with Gasteiger partial charge in [0.2, 0.25) is 5.82 Å². The molecule has 15 nitrogen and oxygen atoms in total. The highest BCUT2D eigenvalue weighted by Gasteiger charge is 2.43. The van der Waals surface area contributed by atoms with Crippen LogP contribution in [0, 0.1) is 0 Å². The second-order valence-corrected chi connectivity index (χ2v) is 6.27. The van der Waals surface area contributed by atoms with E-state index in [4.69, 9.17) is 21.3 Å². The number of aliphatic hydroxyl groups excluding tert-OH is 3. The van der Waals surface area contributed by atoms with Crippen LogP contribution in [0.1, 0.15) is 16.7 Å². The first-order valence-electron chi connectivity index (χ1n) is 8.55. The molecule has 31 heavy (non-hydrogen) atoms. The van der Waals surface area contributed by atoms with Gasteiger partial charge in [0, 0.05) is 20.3 Å². The first-order chi connectivity index (χ1) is 14.1. The fourth-order valence-electron chi connectivity index (χ4n) is 2.41. The Morgan fingerprint density at radius 2 is 2.06 bits per heavy atom. The van der Waals surface area contributed by atoms with Crippen LogP contribution >= 0.6 is 12.4 Å². The average Bonchev–Trinajstić information content (AvgIpc) is 3.26. The summed E-state index contributed by atoms with van der Waals surface area (Å²) >= 11 is 0. The lowest BCUT2D eigenvalue weighted by Gasteiger charge is -2.16. The molecule has 1 aliphatic heterocycles. The van der Waals surface area contributed by atoms with Gasteiger partial charge in [-0.3, -0.25) is 14.4 Å². The molecule has 0 saturated carbocycles. The van der Waals surface area contributed by atoms with Crippen LogP contribution in [-0.4, -0.2) is 84.8 Å². The maximum absolute atomic E-state index is 11.5. The summed E-state index contributed by atoms with van der Waals surface area (Å²) in [5.41, 5.74) is 9.83. The van der Waals surface area contributed by atoms with E-state index >= 15 is 0 Å². The number of nitrogens with two attached hydrogens (primary N) is 2. The van der Waals surface area contributed by atoms with Crippen molar-refractivity contribution in [3.63, 3.8) is 0 Å². The molecule has 8 N–H and O–H groups in total. The molecule has 3 heterocycles. The van der Waals surface area contributed by atoms with Gasteiger partial charge in [-0.1, -0.05) is 5.22 Å². The quantitative estimate of drug-likeness (QED) is 0.210. The average molecular weight is 462 g/mol. The first-order valence-corrected chi connectivity index (χ1v) is 8.55. The molecule has 0 aliphatic carbocycles. The molecule has 0 unspecified atom stereocenters. The van der Waals surface area contributed by atoms with Crippen LogP contribution in [0.2, 0.25) is 0 Å². The van der Waals surface area contributed by atoms with Crippen LogP contribution in [0.25, 0.3) is 0 Å². The minimum absolute atomic E-state index is 0. The van der Waals surface area contributed by atoms with E-state index in [2.05, 4.69) is 25.3 Å². The lowest BCUT2D eigenvalue weighted by atomic mass is 10.1. The standard InChI is InChI=1S/C9H13N3O5.C6H10N6O.ClH/c10-5-1-2-12(9(16)11-5)8-7(15)6(14)4(3-13)17-8;1-12(2)11-10-6-4(5(7)13)8-3-9-6;/h1-2,4,6-8,13-15H,3H2,(H2,10,11,16);3H,1-2H3,(H2,7,13)(H,8,9);1H/t4-,6-,7+,8-;;/m1../s1. The molecular formula is C15H24ClN9O6. The fraction of sp³-hybridized carbons (Fsp3) is 0.467. The molecular weight excluding hydrogens is 438 g/mol. The SMILES string of the molecule is CN(C)N=Nc1nc[nH]c1C(N)=O.Cl.Nc1ccn([C@@H]2O[C@H](CO)[C@@H](O)[C@@H]2O)c(=O)n1. The number of aromatic nitrogens is 4. The number of nitrogens with zero attached hydrogens (tertiary/aromatic N) is 6. The zero-order valence-corrected chi connectivity index (χ0v) is 17.4. The molecule has 3 rings (SSSR count). The topological polar surface area (TPSA) is 231 Å². The summed E-state index contributed by atoms with van der Waals surface area (Å²) in [5, 5.41) is 37.0. The number of hydrogen-bond donors (Lipinski definition) is 6. The number of aliphatic hydroxyl groups is 3. The lowest BCUT2D eigenvalue weighted by Crippen LogP contribution is -2.36. The Balaban J connectivity index is 0.000000311. The molecule has 1 aliphatic rings. The highest BCUT2D eigenvalue weighted by atomic mass is 35.5. The number of primary amides is 1. The molecule has 0 spiro atoms. The van der Waals surface area contributed by atoms with Crippen LogP contribution < -0.4 is 17.2 Å². The Hall–Kier alpha value is -3.11. The van der Waals surface area contributed by atoms with E-state index in [-0.39, 0.29) is 29.7 Å². The van der Waals surface area contributed by atoms with Gasteiger partial charge in [-0.15, -0.1) is 17.5 Å². The number of hydrogen-bond acceptors (Lipinski definition) is 11. The summed E-state index contributed by atoms with van der Waals surface area (Å²) < 4.78 is 6.19. The van der Waals surface area contributed by atoms with E-state index in [9.17, 15) is 19.8 Å². The molecule has 2 aromatic rings. The summed E-state index contributed by atoms with van der Waals surface area (Å²) in [6.45, 7) is -0.453. The number of carbonyl (C=O) groups is 1. The van der Waals surface area contributed by atoms with Crippen LogP contribution in [0.15, 0.2) is 33.7 Å². The molecule has 4 atom stereocenters. The minimum Gasteiger partial charge on any atom is -0.394 e. The molecule has 172 valence electrons. The number of aromatic amines is 1. The number of ether oxygens (including phenoxy) is 1. The van der Waals surface area contributed by atoms with E-state index in [1.54, 1.807) is 14.1 Å². The predicted octanol–water partition coefficient (Wildman–Crippen LogP) is -2.07. The summed E-state index contributed by atoms with van der Waals surface area (Å²) in [5.74, 6) is -0.357. The molecule has 0 radical (unpaired) electrons. The van der Waals surface area contributed by atoms with Crippen molar-refractivity contribution in [2.45, 2.75) is 24.5 Å². The number of halogens is 1. The van der Waals surface area contributed by atoms with E-state index in [1.165, 1.54) is 23.6 Å². The fourth-order valence-corrected chi connectivity index (χ4v) is 2.41. The Labute approximate surface area is 181 Å². The second kappa shape index (κ2) is 11.3. The van der Waals surface area contributed by atoms with E-state index in [1.807, 2.05) is 0 Å². The third kappa shape index (κ3) is 6.43. The van der Waals surface area contributed by atoms with Crippen molar-refractivity contribution in [1.29, 1.82) is 0 Å². The summed E-state index contributed by atoms with van der Waals surface area (Å²) in [4.78, 5) is 32.1. The van der Waals surface area contributed by atoms with Crippen molar-refractivity contribution in [1.82, 2.24) is 24.5 Å². The maximum atomic E-state index is 11.5. The zero-order chi connectivity index (χ0) is 22.4. The van der Waals surface area contributed by atoms with Crippen LogP contribution in [0.4, 0.5) is 11.6 Å². The van der Waals surface area contributed by atoms with Gasteiger partial charge in [0.15, 0.2) is 11.9 Å². The number of H-pyrrole nitrogens is 1. The minimum atomic E-state index is -1.31. The van der Waals surface area contributed by atoms with E-state index in [0.29, 0.717) is 0 Å². The number of rotatable bonds is 5. The Morgan fingerprint density at radius 3 is 2.58 bits per heavy atom. The van der Waals surface area contributed by atoms with Gasteiger partial charge in [-0.05, 0) is 6.07 Å². The van der Waals surface area contributed by atoms with Gasteiger partial charge < -0.3 is 36.5 Å². The van der Waals surface area contributed by atoms with Crippen molar-refractivity contribution >= 4 is 29.9 Å². The third-order valence-corrected chi connectivity index (χ3v) is 3.83. The number of amides is 1. The van der Waals surface area contributed by atoms with Crippen molar-refractivity contribution < 1.29 is 24.9 Å². The normalized spacial score (nSPS) is 22.5. The number of carbonyl (C=O) groups excluding carboxylic acids is 1. The van der Waals surface area contributed by atoms with Crippen LogP contribution in [-0.2, 0) is 4.74 Å². The molecule has 1 amide bonds. The number of nitrogen functional groups attached to an aromatic ring is 1. The van der Waals surface area contributed by atoms with Crippen LogP contribution in [0.5, 0.6) is 0 Å². The van der Waals surface area contributed by atoms with Gasteiger partial charge in [-0.2, -0.15) is 4.98 Å². The first kappa shape index (κ1) is 25.9. The van der Waals surface area contributed by atoms with Gasteiger partial charge in [-0.25, -0.2) is 9.78 Å². The smallest absolute Gasteiger partial charge is 0.351 e. The number of imidazole rings is 1. The Morgan fingerprint density at radius 1 is 1.39 bits per heavy atom. The molecule has 16 heteroatoms. The van der Waals surface area contributed by atoms with Gasteiger partial charge in [0.25, 0.3) is 5.91 Å². The van der Waals surface area contributed by atoms with E-state index < -0.39 is 42.7 Å². The second-order valence-electron chi connectivity index (χ2n) is 6.27. The van der Waals surface area contributed by atoms with E-state index in [0.717, 1.165) is 4.57 Å². The molecule has 1 fully saturated rings. The molecule has 1 saturated heterocycles. The number of anilines is 1. The van der Waals surface area contributed by atoms with Crippen LogP contribution in [0.3, 0.4) is 0 Å². The van der Waals surface area contributed by atoms with Gasteiger partial charge in [0.05, 0.1) is 12.9 Å². The lowest BCUT2D eigenvalue weighted by molar-refractivity contribution is -0.0549. The van der Waals surface area contributed by atoms with Gasteiger partial charge >= 0.3 is 5.69 Å². The molecule has 0 aromatic carbocycles. The van der Waals surface area contributed by atoms with Crippen molar-refractivity contribution in [3.05, 3.63) is 34.8 Å². The summed E-state index contributed by atoms with van der Waals surface area (Å²) in [6, 6.07) is 1.37. The highest BCUT2D eigenvalue weighted by Crippen LogP contribution is 2.27. The molecule has 0 bridgehead atoms. The Kier molecular flexibility index (Phi) is 9.47. The van der Waals surface area contributed by atoms with Gasteiger partial charge in [0.1, 0.15) is 24.1 Å². The maximum Gasteiger partial charge on any atom is 0.351 e. The monoisotopic (exact) mass is 461 g/mol. The predicted molar refractivity (Wildman–Crippen MR) is 108 cm³/mol. The van der Waals surface area contributed by atoms with Crippen molar-refractivity contribution in [2.75, 3.05) is 26.4 Å². The largest absolute Gasteiger partial charge is 0.394 e. The zero-order valence-electron chi connectivity index (χ0n) is 16.6. The third-order valence-electron chi connectivity index (χ3n) is 3.83. The number of nitrogens with one attached hydrogen (secondary N) is 1. The highest BCUT2D eigenvalue weighted by molar-refractivity contribution is 5.94. The summed E-state index contributed by atoms with van der Waals surface area (Å²) in [7, 11) is 3.42. The van der Waals surface area contributed by atoms with Crippen molar-refractivity contribution in [3.8, 4) is 0 Å². The summed E-state index contributed by atoms with van der Waals surface area (Å²) in [6.07, 6.45) is -1.93. The van der Waals surface area contributed by atoms with Crippen molar-refractivity contribution in [2.24, 2.45) is 16.1 Å². The molecule has 2 aromatic heterocycles. The Bertz CT molecular complexity index is 949.